The van der Waals surface area contributed by atoms with Gasteiger partial charge in [-0.1, -0.05) is 29.3 Å². The van der Waals surface area contributed by atoms with Crippen molar-refractivity contribution < 1.29 is 4.74 Å². The standard InChI is InChI=1S/C8H15BrO/c1-2-4-7(9)8-5-3-6-10-8/h7-8H,2-6H2,1H3. The van der Waals surface area contributed by atoms with Gasteiger partial charge in [-0.05, 0) is 19.3 Å². The Hall–Kier alpha value is 0.440. The number of hydrogen-bond acceptors (Lipinski definition) is 1. The van der Waals surface area contributed by atoms with Gasteiger partial charge in [-0.25, -0.2) is 0 Å². The number of hydrogen-bond donors (Lipinski definition) is 0. The molecular weight excluding hydrogens is 192 g/mol. The molecule has 0 aliphatic carbocycles. The van der Waals surface area contributed by atoms with Gasteiger partial charge in [0.25, 0.3) is 0 Å². The van der Waals surface area contributed by atoms with E-state index in [2.05, 4.69) is 22.9 Å². The van der Waals surface area contributed by atoms with Gasteiger partial charge >= 0.3 is 0 Å². The molecule has 0 aromatic heterocycles. The Balaban J connectivity index is 2.18. The molecule has 0 radical (unpaired) electrons. The second-order valence-electron chi connectivity index (χ2n) is 2.86. The number of ether oxygens (including phenoxy) is 1. The summed E-state index contributed by atoms with van der Waals surface area (Å²) < 4.78 is 5.52. The molecule has 60 valence electrons. The van der Waals surface area contributed by atoms with Crippen LogP contribution in [0.3, 0.4) is 0 Å². The van der Waals surface area contributed by atoms with Gasteiger partial charge in [0.15, 0.2) is 0 Å². The van der Waals surface area contributed by atoms with E-state index in [0.717, 1.165) is 6.61 Å². The Kier molecular flexibility index (Phi) is 3.71. The van der Waals surface area contributed by atoms with Crippen molar-refractivity contribution in [3.05, 3.63) is 0 Å². The Labute approximate surface area is 71.3 Å². The van der Waals surface area contributed by atoms with Gasteiger partial charge in [0.05, 0.1) is 6.10 Å². The summed E-state index contributed by atoms with van der Waals surface area (Å²) in [6.45, 7) is 3.18. The predicted molar refractivity (Wildman–Crippen MR) is 46.6 cm³/mol. The van der Waals surface area contributed by atoms with E-state index < -0.39 is 0 Å². The minimum Gasteiger partial charge on any atom is -0.377 e. The molecule has 1 nitrogen and oxygen atoms in total. The Morgan fingerprint density at radius 2 is 2.50 bits per heavy atom. The molecular formula is C8H15BrO. The van der Waals surface area contributed by atoms with Crippen LogP contribution in [0.1, 0.15) is 32.6 Å². The van der Waals surface area contributed by atoms with Gasteiger partial charge in [0.1, 0.15) is 0 Å². The Bertz CT molecular complexity index is 89.3. The predicted octanol–water partition coefficient (Wildman–Crippen LogP) is 2.73. The van der Waals surface area contributed by atoms with E-state index in [1.807, 2.05) is 0 Å². The summed E-state index contributed by atoms with van der Waals surface area (Å²) in [6.07, 6.45) is 5.48. The maximum Gasteiger partial charge on any atom is 0.0700 e. The van der Waals surface area contributed by atoms with E-state index >= 15 is 0 Å². The zero-order valence-corrected chi connectivity index (χ0v) is 8.06. The monoisotopic (exact) mass is 206 g/mol. The molecule has 0 spiro atoms. The molecule has 1 aliphatic rings. The van der Waals surface area contributed by atoms with Crippen molar-refractivity contribution in [1.29, 1.82) is 0 Å². The van der Waals surface area contributed by atoms with Crippen molar-refractivity contribution in [3.63, 3.8) is 0 Å². The number of alkyl halides is 1. The van der Waals surface area contributed by atoms with Gasteiger partial charge in [-0.15, -0.1) is 0 Å². The van der Waals surface area contributed by atoms with Crippen molar-refractivity contribution in [2.45, 2.75) is 43.5 Å². The minimum absolute atomic E-state index is 0.500. The fraction of sp³-hybridized carbons (Fsp3) is 1.00. The molecule has 1 heterocycles. The molecule has 0 N–H and O–H groups in total. The first-order valence-corrected chi connectivity index (χ1v) is 5.02. The summed E-state index contributed by atoms with van der Waals surface area (Å²) in [6, 6.07) is 0. The smallest absolute Gasteiger partial charge is 0.0700 e. The van der Waals surface area contributed by atoms with Gasteiger partial charge in [0, 0.05) is 11.4 Å². The summed E-state index contributed by atoms with van der Waals surface area (Å²) >= 11 is 3.64. The van der Waals surface area contributed by atoms with Crippen LogP contribution < -0.4 is 0 Å². The molecule has 1 aliphatic heterocycles. The molecule has 1 rings (SSSR count). The molecule has 0 aromatic rings. The van der Waals surface area contributed by atoms with Crippen LogP contribution in [0.15, 0.2) is 0 Å². The molecule has 2 atom stereocenters. The zero-order chi connectivity index (χ0) is 7.40. The first kappa shape index (κ1) is 8.54. The average molecular weight is 207 g/mol. The van der Waals surface area contributed by atoms with Crippen molar-refractivity contribution in [3.8, 4) is 0 Å². The molecule has 2 unspecified atom stereocenters. The van der Waals surface area contributed by atoms with Gasteiger partial charge in [-0.3, -0.25) is 0 Å². The van der Waals surface area contributed by atoms with Crippen LogP contribution in [-0.4, -0.2) is 17.5 Å². The molecule has 1 saturated heterocycles. The second-order valence-corrected chi connectivity index (χ2v) is 4.03. The molecule has 0 saturated carbocycles. The topological polar surface area (TPSA) is 9.23 Å². The highest BCUT2D eigenvalue weighted by Crippen LogP contribution is 2.23. The lowest BCUT2D eigenvalue weighted by molar-refractivity contribution is 0.108. The average Bonchev–Trinajstić information content (AvgIpc) is 2.38. The highest BCUT2D eigenvalue weighted by Gasteiger charge is 2.22. The van der Waals surface area contributed by atoms with Crippen LogP contribution in [0.2, 0.25) is 0 Å². The van der Waals surface area contributed by atoms with E-state index in [-0.39, 0.29) is 0 Å². The van der Waals surface area contributed by atoms with Crippen molar-refractivity contribution in [1.82, 2.24) is 0 Å². The first-order chi connectivity index (χ1) is 4.84. The van der Waals surface area contributed by atoms with Crippen LogP contribution in [0.4, 0.5) is 0 Å². The Morgan fingerprint density at radius 3 is 3.00 bits per heavy atom. The third-order valence-corrected chi connectivity index (χ3v) is 2.98. The van der Waals surface area contributed by atoms with Crippen LogP contribution in [0.25, 0.3) is 0 Å². The summed E-state index contributed by atoms with van der Waals surface area (Å²) in [5, 5.41) is 0. The lowest BCUT2D eigenvalue weighted by atomic mass is 10.1. The van der Waals surface area contributed by atoms with Crippen molar-refractivity contribution >= 4 is 15.9 Å². The van der Waals surface area contributed by atoms with E-state index in [9.17, 15) is 0 Å². The molecule has 10 heavy (non-hydrogen) atoms. The van der Waals surface area contributed by atoms with Crippen LogP contribution in [0, 0.1) is 0 Å². The zero-order valence-electron chi connectivity index (χ0n) is 6.48. The van der Waals surface area contributed by atoms with Crippen molar-refractivity contribution in [2.24, 2.45) is 0 Å². The fourth-order valence-electron chi connectivity index (χ4n) is 1.35. The Morgan fingerprint density at radius 1 is 1.70 bits per heavy atom. The second kappa shape index (κ2) is 4.35. The highest BCUT2D eigenvalue weighted by atomic mass is 79.9. The van der Waals surface area contributed by atoms with Crippen LogP contribution in [0.5, 0.6) is 0 Å². The van der Waals surface area contributed by atoms with Gasteiger partial charge in [0.2, 0.25) is 0 Å². The third-order valence-electron chi connectivity index (χ3n) is 1.93. The fourth-order valence-corrected chi connectivity index (χ4v) is 2.22. The number of halogens is 1. The summed E-state index contributed by atoms with van der Waals surface area (Å²) in [7, 11) is 0. The van der Waals surface area contributed by atoms with E-state index in [1.165, 1.54) is 25.7 Å². The summed E-state index contributed by atoms with van der Waals surface area (Å²) in [5.41, 5.74) is 0. The molecule has 0 aromatic carbocycles. The van der Waals surface area contributed by atoms with Gasteiger partial charge < -0.3 is 4.74 Å². The van der Waals surface area contributed by atoms with E-state index in [0.29, 0.717) is 10.9 Å². The molecule has 2 heteroatoms. The normalized spacial score (nSPS) is 28.8. The maximum atomic E-state index is 5.52. The summed E-state index contributed by atoms with van der Waals surface area (Å²) in [5.74, 6) is 0. The first-order valence-electron chi connectivity index (χ1n) is 4.10. The lowest BCUT2D eigenvalue weighted by Crippen LogP contribution is -2.18. The molecule has 0 bridgehead atoms. The highest BCUT2D eigenvalue weighted by molar-refractivity contribution is 9.09. The lowest BCUT2D eigenvalue weighted by Gasteiger charge is -2.15. The maximum absolute atomic E-state index is 5.52. The van der Waals surface area contributed by atoms with Gasteiger partial charge in [-0.2, -0.15) is 0 Å². The number of rotatable bonds is 3. The van der Waals surface area contributed by atoms with Crippen LogP contribution >= 0.6 is 15.9 Å². The van der Waals surface area contributed by atoms with Crippen molar-refractivity contribution in [2.75, 3.05) is 6.61 Å². The van der Waals surface area contributed by atoms with E-state index in [1.54, 1.807) is 0 Å². The molecule has 0 amide bonds. The van der Waals surface area contributed by atoms with Crippen LogP contribution in [-0.2, 0) is 4.74 Å². The third kappa shape index (κ3) is 2.24. The largest absolute Gasteiger partial charge is 0.377 e. The molecule has 1 fully saturated rings. The quantitative estimate of drug-likeness (QED) is 0.646. The SMILES string of the molecule is CCCC(Br)C1CCCO1. The minimum atomic E-state index is 0.500. The summed E-state index contributed by atoms with van der Waals surface area (Å²) in [4.78, 5) is 0.597. The van der Waals surface area contributed by atoms with E-state index in [4.69, 9.17) is 4.74 Å².